The minimum atomic E-state index is -0.161. The van der Waals surface area contributed by atoms with E-state index in [2.05, 4.69) is 15.9 Å². The number of aryl methyl sites for hydroxylation is 2. The number of hydrogen-bond acceptors (Lipinski definition) is 3. The summed E-state index contributed by atoms with van der Waals surface area (Å²) in [6.07, 6.45) is 7.16. The average molecular weight is 566 g/mol. The van der Waals surface area contributed by atoms with Crippen LogP contribution in [0.1, 0.15) is 36.0 Å². The van der Waals surface area contributed by atoms with E-state index < -0.39 is 0 Å². The summed E-state index contributed by atoms with van der Waals surface area (Å²) < 4.78 is 2.93. The topological polar surface area (TPSA) is 48.8 Å². The molecule has 6 nitrogen and oxygen atoms in total. The predicted octanol–water partition coefficient (Wildman–Crippen LogP) is 5.64. The number of carbonyl (C=O) groups is 2. The fourth-order valence-electron chi connectivity index (χ4n) is 4.93. The number of nitrogens with zero attached hydrogens (tertiary/aromatic N) is 4. The Morgan fingerprint density at radius 1 is 1.06 bits per heavy atom. The van der Waals surface area contributed by atoms with Crippen LogP contribution >= 0.6 is 28.1 Å². The largest absolute Gasteiger partial charge is 0.341 e. The van der Waals surface area contributed by atoms with Gasteiger partial charge in [0.25, 0.3) is 5.91 Å². The molecule has 0 spiro atoms. The number of benzene rings is 2. The van der Waals surface area contributed by atoms with Gasteiger partial charge in [0.1, 0.15) is 12.2 Å². The third-order valence-electron chi connectivity index (χ3n) is 7.19. The molecule has 2 amide bonds. The van der Waals surface area contributed by atoms with Gasteiger partial charge < -0.3 is 14.4 Å². The smallest absolute Gasteiger partial charge is 0.281 e. The molecule has 0 atom stereocenters. The highest BCUT2D eigenvalue weighted by molar-refractivity contribution is 9.10. The molecule has 0 N–H and O–H groups in total. The van der Waals surface area contributed by atoms with Gasteiger partial charge in [0.15, 0.2) is 5.11 Å². The Labute approximate surface area is 225 Å². The molecule has 2 aromatic carbocycles. The van der Waals surface area contributed by atoms with Crippen molar-refractivity contribution in [1.29, 1.82) is 0 Å². The van der Waals surface area contributed by atoms with Gasteiger partial charge in [0.2, 0.25) is 5.91 Å². The standard InChI is InChI=1S/C28H29BrN4O2S/c1-18-7-9-22(13-19(18)2)33-27(35)25(30(3)28(33)36)14-20-16-32(24-10-8-21(29)15-23(20)24)17-26(34)31-11-5-4-6-12-31/h7-10,13-16H,4-6,11-12,17H2,1-3H3/b25-14-. The van der Waals surface area contributed by atoms with E-state index in [4.69, 9.17) is 12.2 Å². The second kappa shape index (κ2) is 9.82. The summed E-state index contributed by atoms with van der Waals surface area (Å²) in [5.41, 5.74) is 5.36. The van der Waals surface area contributed by atoms with Crippen molar-refractivity contribution < 1.29 is 9.59 Å². The van der Waals surface area contributed by atoms with Gasteiger partial charge in [-0.2, -0.15) is 0 Å². The van der Waals surface area contributed by atoms with Crippen molar-refractivity contribution in [3.05, 3.63) is 69.5 Å². The van der Waals surface area contributed by atoms with Crippen molar-refractivity contribution in [3.8, 4) is 0 Å². The number of carbonyl (C=O) groups excluding carboxylic acids is 2. The van der Waals surface area contributed by atoms with Crippen molar-refractivity contribution in [1.82, 2.24) is 14.4 Å². The third-order valence-corrected chi connectivity index (χ3v) is 8.14. The predicted molar refractivity (Wildman–Crippen MR) is 152 cm³/mol. The van der Waals surface area contributed by atoms with Gasteiger partial charge in [0.05, 0.1) is 5.69 Å². The Bertz CT molecular complexity index is 1420. The summed E-state index contributed by atoms with van der Waals surface area (Å²) >= 11 is 9.25. The Hall–Kier alpha value is -2.97. The number of rotatable bonds is 4. The first-order valence-corrected chi connectivity index (χ1v) is 13.4. The van der Waals surface area contributed by atoms with E-state index in [9.17, 15) is 9.59 Å². The number of aromatic nitrogens is 1. The van der Waals surface area contributed by atoms with E-state index in [1.165, 1.54) is 6.42 Å². The minimum absolute atomic E-state index is 0.130. The number of amides is 2. The number of likely N-dealkylation sites (tertiary alicyclic amines) is 1. The fourth-order valence-corrected chi connectivity index (χ4v) is 5.58. The molecule has 8 heteroatoms. The lowest BCUT2D eigenvalue weighted by Crippen LogP contribution is -2.37. The maximum Gasteiger partial charge on any atom is 0.281 e. The molecule has 0 unspecified atom stereocenters. The molecule has 2 aliphatic rings. The monoisotopic (exact) mass is 564 g/mol. The number of piperidine rings is 1. The zero-order valence-corrected chi connectivity index (χ0v) is 23.2. The molecule has 3 heterocycles. The fraction of sp³-hybridized carbons (Fsp3) is 0.321. The second-order valence-corrected chi connectivity index (χ2v) is 10.9. The summed E-state index contributed by atoms with van der Waals surface area (Å²) in [5, 5.41) is 1.42. The van der Waals surface area contributed by atoms with E-state index in [1.54, 1.807) is 9.80 Å². The maximum absolute atomic E-state index is 13.6. The Kier molecular flexibility index (Phi) is 6.74. The average Bonchev–Trinajstić information content (AvgIpc) is 3.30. The van der Waals surface area contributed by atoms with Crippen molar-refractivity contribution in [3.63, 3.8) is 0 Å². The van der Waals surface area contributed by atoms with Crippen LogP contribution in [0.25, 0.3) is 17.0 Å². The normalized spacial score (nSPS) is 17.7. The number of halogens is 1. The highest BCUT2D eigenvalue weighted by Crippen LogP contribution is 2.32. The number of hydrogen-bond donors (Lipinski definition) is 0. The van der Waals surface area contributed by atoms with Gasteiger partial charge in [-0.1, -0.05) is 22.0 Å². The lowest BCUT2D eigenvalue weighted by Gasteiger charge is -2.27. The molecule has 36 heavy (non-hydrogen) atoms. The van der Waals surface area contributed by atoms with Crippen molar-refractivity contribution >= 4 is 67.7 Å². The summed E-state index contributed by atoms with van der Waals surface area (Å²) in [5.74, 6) is -0.0316. The molecular formula is C28H29BrN4O2S. The van der Waals surface area contributed by atoms with Crippen LogP contribution in [0.3, 0.4) is 0 Å². The quantitative estimate of drug-likeness (QED) is 0.304. The molecular weight excluding hydrogens is 536 g/mol. The van der Waals surface area contributed by atoms with Gasteiger partial charge in [0, 0.05) is 47.3 Å². The van der Waals surface area contributed by atoms with Gasteiger partial charge in [-0.05, 0) is 92.9 Å². The van der Waals surface area contributed by atoms with Gasteiger partial charge >= 0.3 is 0 Å². The molecule has 2 saturated heterocycles. The van der Waals surface area contributed by atoms with Gasteiger partial charge in [-0.3, -0.25) is 14.5 Å². The second-order valence-electron chi connectivity index (χ2n) is 9.60. The molecule has 3 aromatic rings. The van der Waals surface area contributed by atoms with E-state index in [1.807, 2.05) is 79.0 Å². The molecule has 0 aliphatic carbocycles. The Morgan fingerprint density at radius 3 is 2.53 bits per heavy atom. The van der Waals surface area contributed by atoms with E-state index in [0.29, 0.717) is 10.8 Å². The van der Waals surface area contributed by atoms with Gasteiger partial charge in [-0.25, -0.2) is 0 Å². The van der Waals surface area contributed by atoms with Crippen molar-refractivity contribution in [2.45, 2.75) is 39.7 Å². The molecule has 0 saturated carbocycles. The van der Waals surface area contributed by atoms with Crippen LogP contribution in [0.5, 0.6) is 0 Å². The van der Waals surface area contributed by atoms with E-state index >= 15 is 0 Å². The number of fused-ring (bicyclic) bond motifs is 1. The summed E-state index contributed by atoms with van der Waals surface area (Å²) in [6, 6.07) is 11.9. The molecule has 5 rings (SSSR count). The number of thiocarbonyl (C=S) groups is 1. The maximum atomic E-state index is 13.6. The molecule has 0 radical (unpaired) electrons. The summed E-state index contributed by atoms with van der Waals surface area (Å²) in [4.78, 5) is 31.9. The lowest BCUT2D eigenvalue weighted by atomic mass is 10.1. The van der Waals surface area contributed by atoms with Crippen LogP contribution in [-0.4, -0.2) is 51.4 Å². The van der Waals surface area contributed by atoms with Crippen molar-refractivity contribution in [2.24, 2.45) is 0 Å². The van der Waals surface area contributed by atoms with Crippen LogP contribution in [0, 0.1) is 13.8 Å². The molecule has 2 fully saturated rings. The highest BCUT2D eigenvalue weighted by atomic mass is 79.9. The van der Waals surface area contributed by atoms with Crippen LogP contribution in [0.4, 0.5) is 5.69 Å². The first kappa shape index (κ1) is 24.7. The first-order chi connectivity index (χ1) is 17.2. The lowest BCUT2D eigenvalue weighted by molar-refractivity contribution is -0.132. The number of anilines is 1. The number of likely N-dealkylation sites (N-methyl/N-ethyl adjacent to an activating group) is 1. The Morgan fingerprint density at radius 2 is 1.81 bits per heavy atom. The molecule has 0 bridgehead atoms. The highest BCUT2D eigenvalue weighted by Gasteiger charge is 2.37. The van der Waals surface area contributed by atoms with Crippen LogP contribution in [0.15, 0.2) is 52.8 Å². The van der Waals surface area contributed by atoms with E-state index in [0.717, 1.165) is 63.7 Å². The SMILES string of the molecule is Cc1ccc(N2C(=O)/C(=C/c3cn(CC(=O)N4CCCCC4)c4ccc(Br)cc34)N(C)C2=S)cc1C. The van der Waals surface area contributed by atoms with Gasteiger partial charge in [-0.15, -0.1) is 0 Å². The zero-order valence-electron chi connectivity index (χ0n) is 20.8. The Balaban J connectivity index is 1.52. The van der Waals surface area contributed by atoms with Crippen LogP contribution in [-0.2, 0) is 16.1 Å². The summed E-state index contributed by atoms with van der Waals surface area (Å²) in [7, 11) is 1.82. The van der Waals surface area contributed by atoms with Crippen LogP contribution in [0.2, 0.25) is 0 Å². The third kappa shape index (κ3) is 4.48. The minimum Gasteiger partial charge on any atom is -0.341 e. The summed E-state index contributed by atoms with van der Waals surface area (Å²) in [6.45, 7) is 6.00. The van der Waals surface area contributed by atoms with Crippen molar-refractivity contribution in [2.75, 3.05) is 25.0 Å². The molecule has 186 valence electrons. The first-order valence-electron chi connectivity index (χ1n) is 12.2. The van der Waals surface area contributed by atoms with Crippen LogP contribution < -0.4 is 4.90 Å². The molecule has 1 aromatic heterocycles. The zero-order chi connectivity index (χ0) is 25.6. The molecule has 2 aliphatic heterocycles. The van der Waals surface area contributed by atoms with E-state index in [-0.39, 0.29) is 18.4 Å².